The molecule has 0 aliphatic heterocycles. The van der Waals surface area contributed by atoms with E-state index in [9.17, 15) is 9.59 Å². The van der Waals surface area contributed by atoms with E-state index in [1.54, 1.807) is 24.3 Å². The molecule has 1 N–H and O–H groups in total. The SMILES string of the molecule is CC(=O)NC(CC(=O)Oc1cccc(Cl)c1)c1ccc(C)cc1. The van der Waals surface area contributed by atoms with Gasteiger partial charge in [-0.1, -0.05) is 47.5 Å². The molecule has 0 spiro atoms. The van der Waals surface area contributed by atoms with Crippen molar-refractivity contribution in [3.63, 3.8) is 0 Å². The average molecular weight is 332 g/mol. The van der Waals surface area contributed by atoms with Crippen LogP contribution in [0.15, 0.2) is 48.5 Å². The van der Waals surface area contributed by atoms with Gasteiger partial charge in [0, 0.05) is 11.9 Å². The fourth-order valence-electron chi connectivity index (χ4n) is 2.17. The van der Waals surface area contributed by atoms with E-state index in [1.807, 2.05) is 31.2 Å². The quantitative estimate of drug-likeness (QED) is 0.669. The normalized spacial score (nSPS) is 11.6. The lowest BCUT2D eigenvalue weighted by atomic mass is 10.0. The van der Waals surface area contributed by atoms with Crippen LogP contribution in [-0.4, -0.2) is 11.9 Å². The first kappa shape index (κ1) is 17.0. The molecule has 1 unspecified atom stereocenters. The summed E-state index contributed by atoms with van der Waals surface area (Å²) < 4.78 is 5.28. The number of carbonyl (C=O) groups is 2. The van der Waals surface area contributed by atoms with Crippen molar-refractivity contribution in [3.8, 4) is 5.75 Å². The zero-order valence-corrected chi connectivity index (χ0v) is 13.8. The number of carbonyl (C=O) groups excluding carboxylic acids is 2. The molecule has 0 bridgehead atoms. The fourth-order valence-corrected chi connectivity index (χ4v) is 2.35. The maximum Gasteiger partial charge on any atom is 0.313 e. The van der Waals surface area contributed by atoms with Crippen molar-refractivity contribution >= 4 is 23.5 Å². The number of esters is 1. The molecule has 0 aliphatic rings. The van der Waals surface area contributed by atoms with Crippen LogP contribution in [0, 0.1) is 6.92 Å². The van der Waals surface area contributed by atoms with E-state index in [1.165, 1.54) is 6.92 Å². The van der Waals surface area contributed by atoms with Crippen molar-refractivity contribution in [2.24, 2.45) is 0 Å². The van der Waals surface area contributed by atoms with Gasteiger partial charge >= 0.3 is 5.97 Å². The minimum Gasteiger partial charge on any atom is -0.426 e. The summed E-state index contributed by atoms with van der Waals surface area (Å²) in [6.07, 6.45) is 0.0369. The largest absolute Gasteiger partial charge is 0.426 e. The molecule has 2 rings (SSSR count). The average Bonchev–Trinajstić information content (AvgIpc) is 2.46. The van der Waals surface area contributed by atoms with Crippen molar-refractivity contribution in [2.45, 2.75) is 26.3 Å². The number of hydrogen-bond acceptors (Lipinski definition) is 3. The molecule has 23 heavy (non-hydrogen) atoms. The van der Waals surface area contributed by atoms with E-state index >= 15 is 0 Å². The molecular formula is C18H18ClNO3. The lowest BCUT2D eigenvalue weighted by Gasteiger charge is -2.18. The third-order valence-electron chi connectivity index (χ3n) is 3.26. The molecule has 2 aromatic carbocycles. The van der Waals surface area contributed by atoms with Gasteiger partial charge in [0.25, 0.3) is 0 Å². The van der Waals surface area contributed by atoms with Crippen LogP contribution in [0.4, 0.5) is 0 Å². The minimum absolute atomic E-state index is 0.0369. The second-order valence-corrected chi connectivity index (χ2v) is 5.74. The summed E-state index contributed by atoms with van der Waals surface area (Å²) in [5.41, 5.74) is 1.96. The second-order valence-electron chi connectivity index (χ2n) is 5.30. The van der Waals surface area contributed by atoms with Crippen molar-refractivity contribution in [2.75, 3.05) is 0 Å². The lowest BCUT2D eigenvalue weighted by molar-refractivity contribution is -0.135. The molecule has 0 saturated carbocycles. The Balaban J connectivity index is 2.09. The van der Waals surface area contributed by atoms with Crippen LogP contribution >= 0.6 is 11.6 Å². The summed E-state index contributed by atoms with van der Waals surface area (Å²) in [6, 6.07) is 13.9. The third kappa shape index (κ3) is 5.42. The number of benzene rings is 2. The Hall–Kier alpha value is -2.33. The van der Waals surface area contributed by atoms with Crippen molar-refractivity contribution < 1.29 is 14.3 Å². The monoisotopic (exact) mass is 331 g/mol. The number of aryl methyl sites for hydroxylation is 1. The van der Waals surface area contributed by atoms with Gasteiger partial charge in [-0.05, 0) is 30.7 Å². The van der Waals surface area contributed by atoms with Crippen molar-refractivity contribution in [3.05, 3.63) is 64.7 Å². The van der Waals surface area contributed by atoms with Crippen LogP contribution in [-0.2, 0) is 9.59 Å². The number of hydrogen-bond donors (Lipinski definition) is 1. The lowest BCUT2D eigenvalue weighted by Crippen LogP contribution is -2.29. The summed E-state index contributed by atoms with van der Waals surface area (Å²) in [6.45, 7) is 3.40. The molecule has 0 aliphatic carbocycles. The predicted molar refractivity (Wildman–Crippen MR) is 89.4 cm³/mol. The maximum absolute atomic E-state index is 12.1. The number of nitrogens with one attached hydrogen (secondary N) is 1. The smallest absolute Gasteiger partial charge is 0.313 e. The topological polar surface area (TPSA) is 55.4 Å². The van der Waals surface area contributed by atoms with Gasteiger partial charge in [0.15, 0.2) is 0 Å². The van der Waals surface area contributed by atoms with E-state index in [0.717, 1.165) is 11.1 Å². The molecule has 120 valence electrons. The van der Waals surface area contributed by atoms with Crippen LogP contribution in [0.5, 0.6) is 5.75 Å². The standard InChI is InChI=1S/C18H18ClNO3/c1-12-6-8-14(9-7-12)17(20-13(2)21)11-18(22)23-16-5-3-4-15(19)10-16/h3-10,17H,11H2,1-2H3,(H,20,21). The highest BCUT2D eigenvalue weighted by Gasteiger charge is 2.18. The molecular weight excluding hydrogens is 314 g/mol. The first-order chi connectivity index (χ1) is 10.9. The number of halogens is 1. The van der Waals surface area contributed by atoms with Crippen molar-refractivity contribution in [1.82, 2.24) is 5.32 Å². The molecule has 1 amide bonds. The second kappa shape index (κ2) is 7.79. The summed E-state index contributed by atoms with van der Waals surface area (Å²) >= 11 is 5.87. The summed E-state index contributed by atoms with van der Waals surface area (Å²) in [5, 5.41) is 3.27. The Kier molecular flexibility index (Phi) is 5.77. The van der Waals surface area contributed by atoms with Gasteiger partial charge in [0.05, 0.1) is 12.5 Å². The van der Waals surface area contributed by atoms with Gasteiger partial charge in [-0.15, -0.1) is 0 Å². The van der Waals surface area contributed by atoms with Gasteiger partial charge in [-0.25, -0.2) is 0 Å². The number of amides is 1. The first-order valence-corrected chi connectivity index (χ1v) is 7.62. The molecule has 5 heteroatoms. The zero-order valence-electron chi connectivity index (χ0n) is 13.0. The Morgan fingerprint density at radius 1 is 1.17 bits per heavy atom. The van der Waals surface area contributed by atoms with Gasteiger partial charge in [0.1, 0.15) is 5.75 Å². The molecule has 0 aromatic heterocycles. The molecule has 0 saturated heterocycles. The number of rotatable bonds is 5. The summed E-state index contributed by atoms with van der Waals surface area (Å²) in [4.78, 5) is 23.5. The van der Waals surface area contributed by atoms with E-state index in [-0.39, 0.29) is 12.3 Å². The van der Waals surface area contributed by atoms with Gasteiger partial charge in [-0.3, -0.25) is 9.59 Å². The zero-order chi connectivity index (χ0) is 16.8. The van der Waals surface area contributed by atoms with Gasteiger partial charge in [0.2, 0.25) is 5.91 Å². The molecule has 0 heterocycles. The van der Waals surface area contributed by atoms with E-state index in [2.05, 4.69) is 5.32 Å². The highest BCUT2D eigenvalue weighted by Crippen LogP contribution is 2.21. The minimum atomic E-state index is -0.438. The Bertz CT molecular complexity index is 698. The van der Waals surface area contributed by atoms with Crippen molar-refractivity contribution in [1.29, 1.82) is 0 Å². The molecule has 0 radical (unpaired) electrons. The van der Waals surface area contributed by atoms with E-state index < -0.39 is 12.0 Å². The predicted octanol–water partition coefficient (Wildman–Crippen LogP) is 3.82. The molecule has 4 nitrogen and oxygen atoms in total. The van der Waals surface area contributed by atoms with Gasteiger partial charge < -0.3 is 10.1 Å². The van der Waals surface area contributed by atoms with Crippen LogP contribution in [0.2, 0.25) is 5.02 Å². The first-order valence-electron chi connectivity index (χ1n) is 7.24. The van der Waals surface area contributed by atoms with Crippen LogP contribution in [0.3, 0.4) is 0 Å². The Labute approximate surface area is 140 Å². The molecule has 1 atom stereocenters. The molecule has 2 aromatic rings. The van der Waals surface area contributed by atoms with E-state index in [4.69, 9.17) is 16.3 Å². The Morgan fingerprint density at radius 3 is 2.48 bits per heavy atom. The van der Waals surface area contributed by atoms with Crippen LogP contribution < -0.4 is 10.1 Å². The summed E-state index contributed by atoms with van der Waals surface area (Å²) in [5.74, 6) is -0.259. The molecule has 0 fully saturated rings. The third-order valence-corrected chi connectivity index (χ3v) is 3.49. The summed E-state index contributed by atoms with van der Waals surface area (Å²) in [7, 11) is 0. The van der Waals surface area contributed by atoms with Crippen LogP contribution in [0.1, 0.15) is 30.5 Å². The maximum atomic E-state index is 12.1. The van der Waals surface area contributed by atoms with Crippen LogP contribution in [0.25, 0.3) is 0 Å². The highest BCUT2D eigenvalue weighted by atomic mass is 35.5. The fraction of sp³-hybridized carbons (Fsp3) is 0.222. The highest BCUT2D eigenvalue weighted by molar-refractivity contribution is 6.30. The van der Waals surface area contributed by atoms with Gasteiger partial charge in [-0.2, -0.15) is 0 Å². The Morgan fingerprint density at radius 2 is 1.87 bits per heavy atom. The van der Waals surface area contributed by atoms with E-state index in [0.29, 0.717) is 10.8 Å². The number of ether oxygens (including phenoxy) is 1.